The van der Waals surface area contributed by atoms with Crippen molar-refractivity contribution in [2.45, 2.75) is 44.1 Å². The highest BCUT2D eigenvalue weighted by molar-refractivity contribution is 5.60. The van der Waals surface area contributed by atoms with Gasteiger partial charge in [-0.2, -0.15) is 0 Å². The molecular formula is C44H46O. The van der Waals surface area contributed by atoms with Gasteiger partial charge in [-0.1, -0.05) is 125 Å². The van der Waals surface area contributed by atoms with Gasteiger partial charge < -0.3 is 4.74 Å². The predicted molar refractivity (Wildman–Crippen MR) is 184 cm³/mol. The number of fused-ring (bicyclic) bond motifs is 7. The van der Waals surface area contributed by atoms with Crippen molar-refractivity contribution in [2.75, 3.05) is 6.61 Å². The van der Waals surface area contributed by atoms with E-state index in [4.69, 9.17) is 31.1 Å². The highest BCUT2D eigenvalue weighted by Gasteiger charge is 2.68. The molecule has 6 aliphatic rings. The van der Waals surface area contributed by atoms with Gasteiger partial charge in [0.05, 0.1) is 6.10 Å². The standard InChI is InChI=1S/C44H46O/c1-24-25(2)37-27(4)29(6)39-34-23-44(31-17-11-8-12-18-31)35-20-14-13-19-33(35)42(44)43(30-15-9-7-10-16-30)45-22-21-32(34)38-28(5)26(3)36(24)40(38)41(37)39/h7-20,24-25,32,34,36-43H,3-6,21-23H2,1-2H3. The van der Waals surface area contributed by atoms with E-state index in [2.05, 4.69) is 98.8 Å². The molecule has 0 aromatic heterocycles. The Kier molecular flexibility index (Phi) is 6.06. The molecule has 1 nitrogen and oxygen atoms in total. The quantitative estimate of drug-likeness (QED) is 0.289. The molecule has 45 heavy (non-hydrogen) atoms. The first-order chi connectivity index (χ1) is 21.9. The molecule has 9 rings (SSSR count). The maximum atomic E-state index is 7.21. The number of ether oxygens (including phenoxy) is 1. The van der Waals surface area contributed by atoms with Gasteiger partial charge >= 0.3 is 0 Å². The fourth-order valence-electron chi connectivity index (χ4n) is 12.6. The lowest BCUT2D eigenvalue weighted by atomic mass is 9.43. The van der Waals surface area contributed by atoms with Crippen molar-refractivity contribution in [3.8, 4) is 0 Å². The molecule has 0 bridgehead atoms. The van der Waals surface area contributed by atoms with Crippen LogP contribution in [0.5, 0.6) is 0 Å². The van der Waals surface area contributed by atoms with Crippen LogP contribution in [0, 0.1) is 59.2 Å². The van der Waals surface area contributed by atoms with Crippen LogP contribution < -0.4 is 0 Å². The molecule has 1 heterocycles. The lowest BCUT2D eigenvalue weighted by molar-refractivity contribution is -0.0705. The molecule has 3 aromatic rings. The Balaban J connectivity index is 1.28. The number of allylic oxidation sites excluding steroid dienone is 4. The summed E-state index contributed by atoms with van der Waals surface area (Å²) in [5, 5.41) is 0. The number of hydrogen-bond acceptors (Lipinski definition) is 1. The van der Waals surface area contributed by atoms with Crippen molar-refractivity contribution in [1.29, 1.82) is 0 Å². The summed E-state index contributed by atoms with van der Waals surface area (Å²) in [6, 6.07) is 31.7. The summed E-state index contributed by atoms with van der Waals surface area (Å²) in [4.78, 5) is 0. The van der Waals surface area contributed by atoms with Gasteiger partial charge in [-0.15, -0.1) is 0 Å². The molecule has 3 aromatic carbocycles. The molecule has 5 aliphatic carbocycles. The summed E-state index contributed by atoms with van der Waals surface area (Å²) in [5.74, 6) is 5.47. The van der Waals surface area contributed by atoms with Crippen LogP contribution >= 0.6 is 0 Å². The molecule has 0 spiro atoms. The molecule has 0 amide bonds. The van der Waals surface area contributed by atoms with Crippen LogP contribution in [0.15, 0.2) is 134 Å². The van der Waals surface area contributed by atoms with Gasteiger partial charge in [0.15, 0.2) is 0 Å². The van der Waals surface area contributed by atoms with Crippen molar-refractivity contribution < 1.29 is 4.74 Å². The lowest BCUT2D eigenvalue weighted by Crippen LogP contribution is -2.55. The third kappa shape index (κ3) is 3.44. The highest BCUT2D eigenvalue weighted by atomic mass is 16.5. The first kappa shape index (κ1) is 27.9. The number of hydrogen-bond donors (Lipinski definition) is 0. The van der Waals surface area contributed by atoms with Crippen molar-refractivity contribution in [2.24, 2.45) is 59.2 Å². The minimum absolute atomic E-state index is 0.00670. The molecular weight excluding hydrogens is 544 g/mol. The number of benzene rings is 3. The van der Waals surface area contributed by atoms with E-state index in [-0.39, 0.29) is 17.4 Å². The third-order valence-corrected chi connectivity index (χ3v) is 14.3. The topological polar surface area (TPSA) is 9.23 Å². The van der Waals surface area contributed by atoms with Crippen LogP contribution in [0.1, 0.15) is 61.0 Å². The van der Waals surface area contributed by atoms with Gasteiger partial charge in [0.1, 0.15) is 0 Å². The van der Waals surface area contributed by atoms with Crippen molar-refractivity contribution in [3.63, 3.8) is 0 Å². The maximum absolute atomic E-state index is 7.21. The van der Waals surface area contributed by atoms with Gasteiger partial charge in [-0.05, 0) is 117 Å². The van der Waals surface area contributed by atoms with Crippen LogP contribution in [0.2, 0.25) is 0 Å². The molecule has 4 saturated carbocycles. The lowest BCUT2D eigenvalue weighted by Gasteiger charge is -2.59. The summed E-state index contributed by atoms with van der Waals surface area (Å²) in [6.07, 6.45) is 2.15. The van der Waals surface area contributed by atoms with Gasteiger partial charge in [0.25, 0.3) is 0 Å². The van der Waals surface area contributed by atoms with Crippen LogP contribution in [0.4, 0.5) is 0 Å². The average molecular weight is 591 g/mol. The predicted octanol–water partition coefficient (Wildman–Crippen LogP) is 10.1. The molecule has 5 fully saturated rings. The molecule has 13 atom stereocenters. The highest BCUT2D eigenvalue weighted by Crippen LogP contribution is 2.74. The zero-order valence-electron chi connectivity index (χ0n) is 26.9. The Morgan fingerprint density at radius 2 is 1.16 bits per heavy atom. The van der Waals surface area contributed by atoms with E-state index in [9.17, 15) is 0 Å². The first-order valence-corrected chi connectivity index (χ1v) is 17.4. The second kappa shape index (κ2) is 9.79. The summed E-state index contributed by atoms with van der Waals surface area (Å²) in [7, 11) is 0. The largest absolute Gasteiger partial charge is 0.373 e. The molecule has 13 unspecified atom stereocenters. The van der Waals surface area contributed by atoms with E-state index in [1.807, 2.05) is 0 Å². The summed E-state index contributed by atoms with van der Waals surface area (Å²) in [5.41, 5.74) is 10.9. The van der Waals surface area contributed by atoms with Crippen molar-refractivity contribution in [1.82, 2.24) is 0 Å². The second-order valence-electron chi connectivity index (χ2n) is 15.5. The smallest absolute Gasteiger partial charge is 0.0905 e. The molecule has 228 valence electrons. The van der Waals surface area contributed by atoms with Crippen LogP contribution in [-0.4, -0.2) is 6.61 Å². The van der Waals surface area contributed by atoms with E-state index >= 15 is 0 Å². The zero-order valence-corrected chi connectivity index (χ0v) is 26.9. The monoisotopic (exact) mass is 590 g/mol. The van der Waals surface area contributed by atoms with Gasteiger partial charge in [0, 0.05) is 17.9 Å². The normalized spacial score (nSPS) is 42.8. The average Bonchev–Trinajstić information content (AvgIpc) is 3.50. The van der Waals surface area contributed by atoms with Crippen LogP contribution in [0.25, 0.3) is 0 Å². The second-order valence-corrected chi connectivity index (χ2v) is 15.5. The summed E-state index contributed by atoms with van der Waals surface area (Å²) >= 11 is 0. The van der Waals surface area contributed by atoms with Crippen molar-refractivity contribution >= 4 is 0 Å². The van der Waals surface area contributed by atoms with Crippen LogP contribution in [-0.2, 0) is 10.2 Å². The molecule has 0 radical (unpaired) electrons. The van der Waals surface area contributed by atoms with E-state index in [0.717, 1.165) is 19.4 Å². The Hall–Kier alpha value is -3.42. The van der Waals surface area contributed by atoms with Crippen molar-refractivity contribution in [3.05, 3.63) is 156 Å². The van der Waals surface area contributed by atoms with Gasteiger partial charge in [-0.3, -0.25) is 0 Å². The number of rotatable bonds is 2. The van der Waals surface area contributed by atoms with Crippen LogP contribution in [0.3, 0.4) is 0 Å². The zero-order chi connectivity index (χ0) is 30.8. The minimum atomic E-state index is -0.151. The Morgan fingerprint density at radius 1 is 0.622 bits per heavy atom. The Labute approximate surface area is 269 Å². The van der Waals surface area contributed by atoms with Gasteiger partial charge in [-0.25, -0.2) is 0 Å². The van der Waals surface area contributed by atoms with E-state index in [1.54, 1.807) is 0 Å². The fraction of sp³-hybridized carbons (Fsp3) is 0.409. The fourth-order valence-corrected chi connectivity index (χ4v) is 12.6. The summed E-state index contributed by atoms with van der Waals surface area (Å²) in [6.45, 7) is 25.1. The maximum Gasteiger partial charge on any atom is 0.0905 e. The third-order valence-electron chi connectivity index (χ3n) is 14.3. The Morgan fingerprint density at radius 3 is 1.80 bits per heavy atom. The molecule has 1 saturated heterocycles. The molecule has 0 N–H and O–H groups in total. The van der Waals surface area contributed by atoms with E-state index in [0.29, 0.717) is 59.2 Å². The SMILES string of the molecule is C=C1C(=C)C2C3CCOC(c4ccccc4)C4c5ccccc5C4(c4ccccc4)CC3C3C(=C)C(=C)C4C(C)C(C)C1C2C43. The molecule has 1 aliphatic heterocycles. The summed E-state index contributed by atoms with van der Waals surface area (Å²) < 4.78 is 7.21. The molecule has 1 heteroatoms. The Bertz CT molecular complexity index is 1730. The van der Waals surface area contributed by atoms with E-state index in [1.165, 1.54) is 44.5 Å². The van der Waals surface area contributed by atoms with E-state index < -0.39 is 0 Å². The minimum Gasteiger partial charge on any atom is -0.373 e. The first-order valence-electron chi connectivity index (χ1n) is 17.4. The van der Waals surface area contributed by atoms with Gasteiger partial charge in [0.2, 0.25) is 0 Å².